The third kappa shape index (κ3) is 3.97. The Morgan fingerprint density at radius 2 is 2.05 bits per heavy atom. The SMILES string of the molecule is CO[C@@H](CNC(=O)NC1CCCC1)c1ccccc1C. The summed E-state index contributed by atoms with van der Waals surface area (Å²) < 4.78 is 5.50. The first-order valence-corrected chi connectivity index (χ1v) is 7.33. The molecule has 0 bridgehead atoms. The van der Waals surface area contributed by atoms with E-state index in [9.17, 15) is 4.79 Å². The molecule has 2 N–H and O–H groups in total. The molecule has 1 aliphatic carbocycles. The van der Waals surface area contributed by atoms with Gasteiger partial charge >= 0.3 is 6.03 Å². The smallest absolute Gasteiger partial charge is 0.315 e. The van der Waals surface area contributed by atoms with Gasteiger partial charge in [-0.2, -0.15) is 0 Å². The third-order valence-corrected chi connectivity index (χ3v) is 3.96. The average Bonchev–Trinajstić information content (AvgIpc) is 2.94. The minimum Gasteiger partial charge on any atom is -0.375 e. The first-order valence-electron chi connectivity index (χ1n) is 7.33. The van der Waals surface area contributed by atoms with Gasteiger partial charge in [-0.3, -0.25) is 0 Å². The highest BCUT2D eigenvalue weighted by molar-refractivity contribution is 5.74. The molecule has 0 saturated heterocycles. The van der Waals surface area contributed by atoms with Crippen LogP contribution in [-0.2, 0) is 4.74 Å². The number of aryl methyl sites for hydroxylation is 1. The molecule has 1 aromatic rings. The van der Waals surface area contributed by atoms with E-state index in [4.69, 9.17) is 4.74 Å². The number of carbonyl (C=O) groups is 1. The highest BCUT2D eigenvalue weighted by Crippen LogP contribution is 2.20. The second-order valence-corrected chi connectivity index (χ2v) is 5.42. The van der Waals surface area contributed by atoms with E-state index in [0.717, 1.165) is 18.4 Å². The monoisotopic (exact) mass is 276 g/mol. The lowest BCUT2D eigenvalue weighted by molar-refractivity contribution is 0.103. The minimum atomic E-state index is -0.106. The number of hydrogen-bond acceptors (Lipinski definition) is 2. The molecular formula is C16H24N2O2. The van der Waals surface area contributed by atoms with Crippen molar-refractivity contribution >= 4 is 6.03 Å². The number of urea groups is 1. The number of ether oxygens (including phenoxy) is 1. The summed E-state index contributed by atoms with van der Waals surface area (Å²) >= 11 is 0. The highest BCUT2D eigenvalue weighted by Gasteiger charge is 2.18. The van der Waals surface area contributed by atoms with Crippen LogP contribution in [0.5, 0.6) is 0 Å². The molecule has 4 heteroatoms. The van der Waals surface area contributed by atoms with E-state index in [1.54, 1.807) is 7.11 Å². The van der Waals surface area contributed by atoms with Crippen LogP contribution in [0.1, 0.15) is 42.9 Å². The maximum absolute atomic E-state index is 11.9. The highest BCUT2D eigenvalue weighted by atomic mass is 16.5. The summed E-state index contributed by atoms with van der Waals surface area (Å²) in [6.07, 6.45) is 4.52. The lowest BCUT2D eigenvalue weighted by Crippen LogP contribution is -2.42. The number of carbonyl (C=O) groups excluding carboxylic acids is 1. The molecule has 2 rings (SSSR count). The van der Waals surface area contributed by atoms with E-state index in [0.29, 0.717) is 12.6 Å². The Morgan fingerprint density at radius 3 is 2.70 bits per heavy atom. The molecule has 1 saturated carbocycles. The van der Waals surface area contributed by atoms with Crippen molar-refractivity contribution < 1.29 is 9.53 Å². The summed E-state index contributed by atoms with van der Waals surface area (Å²) in [5, 5.41) is 5.93. The van der Waals surface area contributed by atoms with Crippen LogP contribution in [0, 0.1) is 6.92 Å². The number of nitrogens with one attached hydrogen (secondary N) is 2. The van der Waals surface area contributed by atoms with Gasteiger partial charge in [-0.25, -0.2) is 4.79 Å². The summed E-state index contributed by atoms with van der Waals surface area (Å²) in [6.45, 7) is 2.54. The lowest BCUT2D eigenvalue weighted by Gasteiger charge is -2.19. The fraction of sp³-hybridized carbons (Fsp3) is 0.562. The molecule has 0 aromatic heterocycles. The van der Waals surface area contributed by atoms with Gasteiger partial charge in [0, 0.05) is 19.7 Å². The first-order chi connectivity index (χ1) is 9.70. The van der Waals surface area contributed by atoms with Crippen LogP contribution < -0.4 is 10.6 Å². The Bertz CT molecular complexity index is 442. The fourth-order valence-electron chi connectivity index (χ4n) is 2.76. The summed E-state index contributed by atoms with van der Waals surface area (Å²) in [7, 11) is 1.67. The van der Waals surface area contributed by atoms with E-state index in [1.165, 1.54) is 18.4 Å². The second-order valence-electron chi connectivity index (χ2n) is 5.42. The van der Waals surface area contributed by atoms with Crippen LogP contribution >= 0.6 is 0 Å². The van der Waals surface area contributed by atoms with Gasteiger partial charge in [-0.05, 0) is 30.9 Å². The Labute approximate surface area is 120 Å². The summed E-state index contributed by atoms with van der Waals surface area (Å²) in [6, 6.07) is 8.35. The van der Waals surface area contributed by atoms with Crippen molar-refractivity contribution in [3.05, 3.63) is 35.4 Å². The van der Waals surface area contributed by atoms with Gasteiger partial charge < -0.3 is 15.4 Å². The van der Waals surface area contributed by atoms with Gasteiger partial charge in [0.05, 0.1) is 6.10 Å². The van der Waals surface area contributed by atoms with E-state index in [2.05, 4.69) is 23.6 Å². The van der Waals surface area contributed by atoms with E-state index in [1.807, 2.05) is 18.2 Å². The standard InChI is InChI=1S/C16H24N2O2/c1-12-7-3-6-10-14(12)15(20-2)11-17-16(19)18-13-8-4-5-9-13/h3,6-7,10,13,15H,4-5,8-9,11H2,1-2H3,(H2,17,18,19)/t15-/m0/s1. The largest absolute Gasteiger partial charge is 0.375 e. The Hall–Kier alpha value is -1.55. The van der Waals surface area contributed by atoms with Crippen LogP contribution in [0.25, 0.3) is 0 Å². The van der Waals surface area contributed by atoms with E-state index < -0.39 is 0 Å². The Kier molecular flexibility index (Phi) is 5.41. The van der Waals surface area contributed by atoms with Crippen molar-refractivity contribution in [2.75, 3.05) is 13.7 Å². The quantitative estimate of drug-likeness (QED) is 0.868. The van der Waals surface area contributed by atoms with Gasteiger partial charge in [0.25, 0.3) is 0 Å². The van der Waals surface area contributed by atoms with Gasteiger partial charge in [0.1, 0.15) is 0 Å². The number of methoxy groups -OCH3 is 1. The summed E-state index contributed by atoms with van der Waals surface area (Å²) in [5.74, 6) is 0. The topological polar surface area (TPSA) is 50.4 Å². The third-order valence-electron chi connectivity index (χ3n) is 3.96. The van der Waals surface area contributed by atoms with Crippen molar-refractivity contribution in [1.29, 1.82) is 0 Å². The van der Waals surface area contributed by atoms with Gasteiger partial charge in [0.15, 0.2) is 0 Å². The summed E-state index contributed by atoms with van der Waals surface area (Å²) in [4.78, 5) is 11.9. The van der Waals surface area contributed by atoms with Gasteiger partial charge in [0.2, 0.25) is 0 Å². The number of hydrogen-bond donors (Lipinski definition) is 2. The first kappa shape index (κ1) is 14.9. The molecule has 1 aliphatic rings. The van der Waals surface area contributed by atoms with Crippen LogP contribution in [0.4, 0.5) is 4.79 Å². The molecule has 4 nitrogen and oxygen atoms in total. The average molecular weight is 276 g/mol. The van der Waals surface area contributed by atoms with Crippen molar-refractivity contribution in [3.63, 3.8) is 0 Å². The number of rotatable bonds is 5. The van der Waals surface area contributed by atoms with Crippen LogP contribution in [0.15, 0.2) is 24.3 Å². The molecule has 1 aromatic carbocycles. The molecule has 1 fully saturated rings. The van der Waals surface area contributed by atoms with Crippen molar-refractivity contribution in [3.8, 4) is 0 Å². The summed E-state index contributed by atoms with van der Waals surface area (Å²) in [5.41, 5.74) is 2.30. The fourth-order valence-corrected chi connectivity index (χ4v) is 2.76. The van der Waals surface area contributed by atoms with Crippen molar-refractivity contribution in [2.24, 2.45) is 0 Å². The lowest BCUT2D eigenvalue weighted by atomic mass is 10.0. The Morgan fingerprint density at radius 1 is 1.35 bits per heavy atom. The van der Waals surface area contributed by atoms with Gasteiger partial charge in [-0.15, -0.1) is 0 Å². The zero-order valence-electron chi connectivity index (χ0n) is 12.3. The normalized spacial score (nSPS) is 16.9. The molecule has 2 amide bonds. The van der Waals surface area contributed by atoms with E-state index >= 15 is 0 Å². The van der Waals surface area contributed by atoms with Crippen molar-refractivity contribution in [2.45, 2.75) is 44.8 Å². The predicted molar refractivity (Wildman–Crippen MR) is 79.7 cm³/mol. The van der Waals surface area contributed by atoms with Crippen LogP contribution in [0.2, 0.25) is 0 Å². The zero-order chi connectivity index (χ0) is 14.4. The molecule has 20 heavy (non-hydrogen) atoms. The van der Waals surface area contributed by atoms with Crippen LogP contribution in [0.3, 0.4) is 0 Å². The van der Waals surface area contributed by atoms with E-state index in [-0.39, 0.29) is 12.1 Å². The number of amides is 2. The molecule has 0 unspecified atom stereocenters. The zero-order valence-corrected chi connectivity index (χ0v) is 12.3. The van der Waals surface area contributed by atoms with Crippen molar-refractivity contribution in [1.82, 2.24) is 10.6 Å². The molecule has 0 spiro atoms. The molecule has 0 radical (unpaired) electrons. The minimum absolute atomic E-state index is 0.0902. The molecule has 1 atom stereocenters. The van der Waals surface area contributed by atoms with Gasteiger partial charge in [-0.1, -0.05) is 37.1 Å². The van der Waals surface area contributed by atoms with Crippen LogP contribution in [-0.4, -0.2) is 25.7 Å². The molecule has 0 aliphatic heterocycles. The molecule has 0 heterocycles. The second kappa shape index (κ2) is 7.29. The predicted octanol–water partition coefficient (Wildman–Crippen LogP) is 2.92. The Balaban J connectivity index is 1.84. The maximum Gasteiger partial charge on any atom is 0.315 e. The number of benzene rings is 1. The molecule has 110 valence electrons. The molecular weight excluding hydrogens is 252 g/mol. The maximum atomic E-state index is 11.9.